The highest BCUT2D eigenvalue weighted by Gasteiger charge is 2.16. The van der Waals surface area contributed by atoms with Gasteiger partial charge in [0.15, 0.2) is 0 Å². The van der Waals surface area contributed by atoms with Gasteiger partial charge < -0.3 is 5.32 Å². The van der Waals surface area contributed by atoms with Crippen molar-refractivity contribution in [3.8, 4) is 0 Å². The van der Waals surface area contributed by atoms with Crippen molar-refractivity contribution in [1.82, 2.24) is 5.32 Å². The molecule has 1 aliphatic carbocycles. The Balaban J connectivity index is 1.71. The fraction of sp³-hybridized carbons (Fsp3) is 0.444. The molecule has 0 amide bonds. The molecule has 0 fully saturated rings. The zero-order valence-electron chi connectivity index (χ0n) is 12.6. The first-order chi connectivity index (χ1) is 9.63. The van der Waals surface area contributed by atoms with E-state index in [-0.39, 0.29) is 0 Å². The third-order valence-corrected chi connectivity index (χ3v) is 5.49. The number of thiophene rings is 1. The molecule has 0 aliphatic heterocycles. The number of hydrogen-bond acceptors (Lipinski definition) is 2. The standard InChI is InChI=1S/C18H23NS/c1-12-7-10-18(20-12)14(3)19-13(2)16-9-8-15-5-4-6-17(15)11-16/h7-11,13-14,19H,4-6H2,1-3H3. The van der Waals surface area contributed by atoms with Crippen molar-refractivity contribution in [2.45, 2.75) is 52.1 Å². The Morgan fingerprint density at radius 2 is 1.80 bits per heavy atom. The van der Waals surface area contributed by atoms with Crippen molar-refractivity contribution in [2.24, 2.45) is 0 Å². The summed E-state index contributed by atoms with van der Waals surface area (Å²) in [5.41, 5.74) is 4.55. The molecule has 1 aromatic carbocycles. The van der Waals surface area contributed by atoms with E-state index < -0.39 is 0 Å². The Hall–Kier alpha value is -1.12. The number of fused-ring (bicyclic) bond motifs is 1. The Labute approximate surface area is 126 Å². The molecule has 0 radical (unpaired) electrons. The van der Waals surface area contributed by atoms with E-state index >= 15 is 0 Å². The summed E-state index contributed by atoms with van der Waals surface area (Å²) in [7, 11) is 0. The molecule has 0 spiro atoms. The topological polar surface area (TPSA) is 12.0 Å². The second kappa shape index (κ2) is 5.71. The minimum absolute atomic E-state index is 0.401. The Bertz CT molecular complexity index is 599. The molecular weight excluding hydrogens is 262 g/mol. The predicted molar refractivity (Wildman–Crippen MR) is 87.5 cm³/mol. The fourth-order valence-corrected chi connectivity index (χ4v) is 3.99. The van der Waals surface area contributed by atoms with E-state index in [1.54, 1.807) is 11.1 Å². The largest absolute Gasteiger partial charge is 0.303 e. The predicted octanol–water partition coefficient (Wildman–Crippen LogP) is 4.96. The molecule has 1 aliphatic rings. The first kappa shape index (κ1) is 13.8. The Kier molecular flexibility index (Phi) is 3.95. The van der Waals surface area contributed by atoms with Gasteiger partial charge in [-0.25, -0.2) is 0 Å². The molecule has 3 rings (SSSR count). The van der Waals surface area contributed by atoms with Gasteiger partial charge in [0.1, 0.15) is 0 Å². The smallest absolute Gasteiger partial charge is 0.0391 e. The average Bonchev–Trinajstić information content (AvgIpc) is 3.05. The van der Waals surface area contributed by atoms with E-state index in [4.69, 9.17) is 0 Å². The van der Waals surface area contributed by atoms with E-state index in [1.165, 1.54) is 34.6 Å². The van der Waals surface area contributed by atoms with Crippen LogP contribution in [0.2, 0.25) is 0 Å². The van der Waals surface area contributed by atoms with Gasteiger partial charge in [-0.05, 0) is 68.9 Å². The first-order valence-electron chi connectivity index (χ1n) is 7.57. The van der Waals surface area contributed by atoms with Gasteiger partial charge >= 0.3 is 0 Å². The summed E-state index contributed by atoms with van der Waals surface area (Å²) in [4.78, 5) is 2.81. The van der Waals surface area contributed by atoms with Crippen molar-refractivity contribution in [3.63, 3.8) is 0 Å². The fourth-order valence-electron chi connectivity index (χ4n) is 3.10. The quantitative estimate of drug-likeness (QED) is 0.837. The van der Waals surface area contributed by atoms with E-state index in [0.29, 0.717) is 12.1 Å². The summed E-state index contributed by atoms with van der Waals surface area (Å²) in [6.07, 6.45) is 3.85. The third-order valence-electron chi connectivity index (χ3n) is 4.31. The molecule has 2 atom stereocenters. The summed E-state index contributed by atoms with van der Waals surface area (Å²) in [6.45, 7) is 6.70. The Morgan fingerprint density at radius 1 is 1.00 bits per heavy atom. The van der Waals surface area contributed by atoms with Crippen molar-refractivity contribution in [1.29, 1.82) is 0 Å². The second-order valence-electron chi connectivity index (χ2n) is 5.94. The lowest BCUT2D eigenvalue weighted by Crippen LogP contribution is -2.21. The summed E-state index contributed by atoms with van der Waals surface area (Å²) in [5, 5.41) is 3.73. The van der Waals surface area contributed by atoms with Crippen LogP contribution in [0, 0.1) is 6.92 Å². The zero-order chi connectivity index (χ0) is 14.1. The Morgan fingerprint density at radius 3 is 2.55 bits per heavy atom. The van der Waals surface area contributed by atoms with Crippen LogP contribution in [-0.4, -0.2) is 0 Å². The summed E-state index contributed by atoms with van der Waals surface area (Å²) >= 11 is 1.89. The number of aryl methyl sites for hydroxylation is 3. The second-order valence-corrected chi connectivity index (χ2v) is 7.26. The number of nitrogens with one attached hydrogen (secondary N) is 1. The monoisotopic (exact) mass is 285 g/mol. The molecule has 2 aromatic rings. The van der Waals surface area contributed by atoms with E-state index in [9.17, 15) is 0 Å². The molecule has 0 saturated carbocycles. The van der Waals surface area contributed by atoms with Crippen LogP contribution in [0.4, 0.5) is 0 Å². The lowest BCUT2D eigenvalue weighted by molar-refractivity contribution is 0.500. The molecule has 0 bridgehead atoms. The van der Waals surface area contributed by atoms with Crippen LogP contribution in [0.15, 0.2) is 30.3 Å². The van der Waals surface area contributed by atoms with Crippen molar-refractivity contribution in [2.75, 3.05) is 0 Å². The van der Waals surface area contributed by atoms with Crippen LogP contribution in [0.5, 0.6) is 0 Å². The number of hydrogen-bond donors (Lipinski definition) is 1. The maximum absolute atomic E-state index is 3.73. The maximum Gasteiger partial charge on any atom is 0.0391 e. The molecule has 2 heteroatoms. The minimum atomic E-state index is 0.401. The summed E-state index contributed by atoms with van der Waals surface area (Å²) < 4.78 is 0. The first-order valence-corrected chi connectivity index (χ1v) is 8.39. The minimum Gasteiger partial charge on any atom is -0.303 e. The molecule has 0 saturated heterocycles. The molecule has 20 heavy (non-hydrogen) atoms. The number of rotatable bonds is 4. The summed E-state index contributed by atoms with van der Waals surface area (Å²) in [6, 6.07) is 12.3. The van der Waals surface area contributed by atoms with Gasteiger partial charge in [0, 0.05) is 21.8 Å². The summed E-state index contributed by atoms with van der Waals surface area (Å²) in [5.74, 6) is 0. The molecular formula is C18H23NS. The lowest BCUT2D eigenvalue weighted by Gasteiger charge is -2.20. The van der Waals surface area contributed by atoms with Gasteiger partial charge in [-0.15, -0.1) is 11.3 Å². The van der Waals surface area contributed by atoms with Crippen LogP contribution >= 0.6 is 11.3 Å². The van der Waals surface area contributed by atoms with Crippen molar-refractivity contribution < 1.29 is 0 Å². The molecule has 106 valence electrons. The van der Waals surface area contributed by atoms with E-state index in [1.807, 2.05) is 11.3 Å². The van der Waals surface area contributed by atoms with Gasteiger partial charge in [0.2, 0.25) is 0 Å². The highest BCUT2D eigenvalue weighted by molar-refractivity contribution is 7.12. The van der Waals surface area contributed by atoms with Gasteiger partial charge in [0.05, 0.1) is 0 Å². The molecule has 1 nitrogen and oxygen atoms in total. The molecule has 2 unspecified atom stereocenters. The van der Waals surface area contributed by atoms with Crippen molar-refractivity contribution in [3.05, 3.63) is 56.8 Å². The van der Waals surface area contributed by atoms with Crippen molar-refractivity contribution >= 4 is 11.3 Å². The van der Waals surface area contributed by atoms with Gasteiger partial charge in [-0.2, -0.15) is 0 Å². The number of benzene rings is 1. The van der Waals surface area contributed by atoms with Crippen LogP contribution in [-0.2, 0) is 12.8 Å². The maximum atomic E-state index is 3.73. The SMILES string of the molecule is Cc1ccc(C(C)NC(C)c2ccc3c(c2)CCC3)s1. The highest BCUT2D eigenvalue weighted by atomic mass is 32.1. The van der Waals surface area contributed by atoms with Crippen LogP contribution in [0.1, 0.15) is 58.8 Å². The van der Waals surface area contributed by atoms with Crippen LogP contribution in [0.25, 0.3) is 0 Å². The molecule has 1 aromatic heterocycles. The lowest BCUT2D eigenvalue weighted by atomic mass is 10.0. The third kappa shape index (κ3) is 2.82. The van der Waals surface area contributed by atoms with Gasteiger partial charge in [0.25, 0.3) is 0 Å². The zero-order valence-corrected chi connectivity index (χ0v) is 13.4. The normalized spacial score (nSPS) is 16.9. The highest BCUT2D eigenvalue weighted by Crippen LogP contribution is 2.28. The average molecular weight is 285 g/mol. The van der Waals surface area contributed by atoms with Crippen LogP contribution < -0.4 is 5.32 Å². The van der Waals surface area contributed by atoms with E-state index in [2.05, 4.69) is 56.4 Å². The molecule has 1 N–H and O–H groups in total. The van der Waals surface area contributed by atoms with Gasteiger partial charge in [-0.3, -0.25) is 0 Å². The van der Waals surface area contributed by atoms with Crippen LogP contribution in [0.3, 0.4) is 0 Å². The van der Waals surface area contributed by atoms with E-state index in [0.717, 1.165) is 0 Å². The molecule has 1 heterocycles. The van der Waals surface area contributed by atoms with Gasteiger partial charge in [-0.1, -0.05) is 18.2 Å².